The van der Waals surface area contributed by atoms with Gasteiger partial charge in [-0.05, 0) is 24.6 Å². The smallest absolute Gasteiger partial charge is 0.0701 e. The summed E-state index contributed by atoms with van der Waals surface area (Å²) >= 11 is 3.71. The van der Waals surface area contributed by atoms with Gasteiger partial charge in [0.25, 0.3) is 0 Å². The van der Waals surface area contributed by atoms with Crippen LogP contribution in [0.15, 0.2) is 28.0 Å². The first-order valence-electron chi connectivity index (χ1n) is 8.03. The van der Waals surface area contributed by atoms with Gasteiger partial charge in [-0.15, -0.1) is 23.5 Å². The number of hydrogen-bond donors (Lipinski definition) is 0. The maximum Gasteiger partial charge on any atom is 0.0701 e. The first-order valence-corrected chi connectivity index (χ1v) is 10.0. The van der Waals surface area contributed by atoms with Crippen LogP contribution in [0.4, 0.5) is 0 Å². The number of thioether (sulfide) groups is 2. The minimum atomic E-state index is 0.612. The summed E-state index contributed by atoms with van der Waals surface area (Å²) in [5.74, 6) is 1.91. The minimum absolute atomic E-state index is 0.612. The second-order valence-corrected chi connectivity index (χ2v) is 7.37. The van der Waals surface area contributed by atoms with Gasteiger partial charge in [-0.1, -0.05) is 6.07 Å². The molecule has 0 radical (unpaired) electrons. The molecule has 2 rings (SSSR count). The third-order valence-corrected chi connectivity index (χ3v) is 5.37. The predicted octanol–water partition coefficient (Wildman–Crippen LogP) is 3.26. The summed E-state index contributed by atoms with van der Waals surface area (Å²) in [4.78, 5) is 2.66. The molecule has 0 amide bonds. The van der Waals surface area contributed by atoms with E-state index in [-0.39, 0.29) is 0 Å². The lowest BCUT2D eigenvalue weighted by Crippen LogP contribution is -2.13. The molecule has 0 saturated heterocycles. The lowest BCUT2D eigenvalue weighted by molar-refractivity contribution is 0.00145. The van der Waals surface area contributed by atoms with Gasteiger partial charge in [0.05, 0.1) is 52.9 Å². The Hall–Kier alpha value is -0.240. The normalized spacial score (nSPS) is 20.2. The summed E-state index contributed by atoms with van der Waals surface area (Å²) in [5, 5.41) is 0. The van der Waals surface area contributed by atoms with Crippen LogP contribution in [0.5, 0.6) is 0 Å². The standard InChI is InChI=1S/C17H26O4S2/c1-15-2-3-16-17(14-15)23-13-11-21-9-7-19-5-4-18-6-8-20-10-12-22-16/h2-3,14H,4-13H2,1H3. The summed E-state index contributed by atoms with van der Waals surface area (Å²) in [6, 6.07) is 6.63. The molecule has 1 aliphatic heterocycles. The molecule has 0 aliphatic carbocycles. The van der Waals surface area contributed by atoms with E-state index in [0.717, 1.165) is 24.7 Å². The van der Waals surface area contributed by atoms with Crippen molar-refractivity contribution in [3.05, 3.63) is 23.8 Å². The van der Waals surface area contributed by atoms with E-state index in [1.807, 2.05) is 23.5 Å². The molecule has 130 valence electrons. The molecule has 1 aromatic carbocycles. The van der Waals surface area contributed by atoms with Crippen LogP contribution in [0, 0.1) is 6.92 Å². The van der Waals surface area contributed by atoms with Gasteiger partial charge in [-0.3, -0.25) is 0 Å². The van der Waals surface area contributed by atoms with Gasteiger partial charge in [-0.2, -0.15) is 0 Å². The molecular formula is C17H26O4S2. The number of fused-ring (bicyclic) bond motifs is 1. The average molecular weight is 359 g/mol. The summed E-state index contributed by atoms with van der Waals surface area (Å²) in [5.41, 5.74) is 1.29. The van der Waals surface area contributed by atoms with Crippen LogP contribution in [0.3, 0.4) is 0 Å². The van der Waals surface area contributed by atoms with Crippen LogP contribution >= 0.6 is 23.5 Å². The van der Waals surface area contributed by atoms with Crippen molar-refractivity contribution < 1.29 is 18.9 Å². The molecule has 4 nitrogen and oxygen atoms in total. The topological polar surface area (TPSA) is 36.9 Å². The van der Waals surface area contributed by atoms with Gasteiger partial charge in [0.15, 0.2) is 0 Å². The lowest BCUT2D eigenvalue weighted by atomic mass is 10.2. The number of rotatable bonds is 0. The van der Waals surface area contributed by atoms with Crippen LogP contribution in [-0.2, 0) is 18.9 Å². The first-order chi connectivity index (χ1) is 11.4. The van der Waals surface area contributed by atoms with Crippen LogP contribution in [0.25, 0.3) is 0 Å². The Morgan fingerprint density at radius 3 is 1.70 bits per heavy atom. The predicted molar refractivity (Wildman–Crippen MR) is 95.9 cm³/mol. The summed E-state index contributed by atoms with van der Waals surface area (Å²) in [6.07, 6.45) is 0. The number of ether oxygens (including phenoxy) is 4. The summed E-state index contributed by atoms with van der Waals surface area (Å²) in [7, 11) is 0. The van der Waals surface area contributed by atoms with E-state index in [1.54, 1.807) is 0 Å². The molecule has 0 saturated carbocycles. The third kappa shape index (κ3) is 8.42. The third-order valence-electron chi connectivity index (χ3n) is 3.19. The second kappa shape index (κ2) is 12.2. The molecule has 0 unspecified atom stereocenters. The van der Waals surface area contributed by atoms with Crippen molar-refractivity contribution in [2.75, 3.05) is 64.4 Å². The number of hydrogen-bond acceptors (Lipinski definition) is 6. The minimum Gasteiger partial charge on any atom is -0.378 e. The Labute approximate surface area is 147 Å². The van der Waals surface area contributed by atoms with Crippen molar-refractivity contribution in [3.8, 4) is 0 Å². The van der Waals surface area contributed by atoms with Gasteiger partial charge in [0.2, 0.25) is 0 Å². The average Bonchev–Trinajstić information content (AvgIpc) is 2.55. The van der Waals surface area contributed by atoms with E-state index < -0.39 is 0 Å². The molecule has 1 heterocycles. The Bertz CT molecular complexity index is 443. The fourth-order valence-electron chi connectivity index (χ4n) is 2.03. The molecule has 23 heavy (non-hydrogen) atoms. The van der Waals surface area contributed by atoms with E-state index in [4.69, 9.17) is 18.9 Å². The Kier molecular flexibility index (Phi) is 10.1. The quantitative estimate of drug-likeness (QED) is 0.709. The molecule has 1 aliphatic rings. The summed E-state index contributed by atoms with van der Waals surface area (Å²) in [6.45, 7) is 7.36. The van der Waals surface area contributed by atoms with Gasteiger partial charge in [0.1, 0.15) is 0 Å². The fourth-order valence-corrected chi connectivity index (χ4v) is 4.07. The maximum absolute atomic E-state index is 5.61. The largest absolute Gasteiger partial charge is 0.378 e. The zero-order valence-corrected chi connectivity index (χ0v) is 15.4. The van der Waals surface area contributed by atoms with Crippen molar-refractivity contribution in [2.24, 2.45) is 0 Å². The van der Waals surface area contributed by atoms with E-state index >= 15 is 0 Å². The van der Waals surface area contributed by atoms with Gasteiger partial charge >= 0.3 is 0 Å². The highest BCUT2D eigenvalue weighted by Crippen LogP contribution is 2.31. The van der Waals surface area contributed by atoms with E-state index in [0.29, 0.717) is 39.6 Å². The van der Waals surface area contributed by atoms with Crippen LogP contribution in [-0.4, -0.2) is 64.4 Å². The Morgan fingerprint density at radius 2 is 1.13 bits per heavy atom. The van der Waals surface area contributed by atoms with Crippen LogP contribution in [0.1, 0.15) is 5.56 Å². The van der Waals surface area contributed by atoms with Crippen molar-refractivity contribution in [1.29, 1.82) is 0 Å². The van der Waals surface area contributed by atoms with Crippen molar-refractivity contribution in [1.82, 2.24) is 0 Å². The van der Waals surface area contributed by atoms with Crippen LogP contribution < -0.4 is 0 Å². The lowest BCUT2D eigenvalue weighted by Gasteiger charge is -2.12. The SMILES string of the molecule is Cc1ccc2c(c1)SCCOCCOCCOCCOCCS2. The Balaban J connectivity index is 1.84. The molecule has 0 aromatic heterocycles. The van der Waals surface area contributed by atoms with Crippen molar-refractivity contribution in [3.63, 3.8) is 0 Å². The number of aryl methyl sites for hydroxylation is 1. The monoisotopic (exact) mass is 358 g/mol. The van der Waals surface area contributed by atoms with Crippen LogP contribution in [0.2, 0.25) is 0 Å². The molecule has 0 fully saturated rings. The van der Waals surface area contributed by atoms with Gasteiger partial charge < -0.3 is 18.9 Å². The van der Waals surface area contributed by atoms with E-state index in [1.165, 1.54) is 15.4 Å². The molecular weight excluding hydrogens is 332 g/mol. The summed E-state index contributed by atoms with van der Waals surface area (Å²) < 4.78 is 22.1. The van der Waals surface area contributed by atoms with Crippen molar-refractivity contribution in [2.45, 2.75) is 16.7 Å². The maximum atomic E-state index is 5.61. The molecule has 1 aromatic rings. The van der Waals surface area contributed by atoms with E-state index in [9.17, 15) is 0 Å². The number of benzene rings is 1. The van der Waals surface area contributed by atoms with Crippen molar-refractivity contribution >= 4 is 23.5 Å². The second-order valence-electron chi connectivity index (χ2n) is 5.10. The molecule has 0 N–H and O–H groups in total. The molecule has 6 heteroatoms. The fraction of sp³-hybridized carbons (Fsp3) is 0.647. The molecule has 0 spiro atoms. The first kappa shape index (κ1) is 19.1. The van der Waals surface area contributed by atoms with E-state index in [2.05, 4.69) is 25.1 Å². The van der Waals surface area contributed by atoms with Gasteiger partial charge in [0, 0.05) is 21.3 Å². The zero-order valence-electron chi connectivity index (χ0n) is 13.8. The molecule has 0 bridgehead atoms. The highest BCUT2D eigenvalue weighted by atomic mass is 32.2. The Morgan fingerprint density at radius 1 is 0.652 bits per heavy atom. The highest BCUT2D eigenvalue weighted by Gasteiger charge is 2.05. The molecule has 0 atom stereocenters. The zero-order chi connectivity index (χ0) is 16.2. The highest BCUT2D eigenvalue weighted by molar-refractivity contribution is 8.02. The van der Waals surface area contributed by atoms with Gasteiger partial charge in [-0.25, -0.2) is 0 Å².